The van der Waals surface area contributed by atoms with Crippen LogP contribution >= 0.6 is 12.4 Å². The molecule has 6 heteroatoms. The third-order valence-corrected chi connectivity index (χ3v) is 1.43. The molecule has 1 heterocycles. The van der Waals surface area contributed by atoms with Crippen molar-refractivity contribution in [3.05, 3.63) is 0 Å². The molecule has 0 aromatic carbocycles. The third-order valence-electron chi connectivity index (χ3n) is 1.43. The highest BCUT2D eigenvalue weighted by Gasteiger charge is 2.32. The number of hydrogen-bond acceptors (Lipinski definition) is 3. The summed E-state index contributed by atoms with van der Waals surface area (Å²) in [5.74, 6) is -1.21. The fraction of sp³-hybridized carbons (Fsp3) is 0.600. The van der Waals surface area contributed by atoms with Gasteiger partial charge in [-0.25, -0.2) is 5.01 Å². The molecule has 0 spiro atoms. The van der Waals surface area contributed by atoms with Crippen LogP contribution in [0.15, 0.2) is 0 Å². The molecule has 0 saturated carbocycles. The van der Waals surface area contributed by atoms with E-state index in [1.165, 1.54) is 12.1 Å². The normalized spacial score (nSPS) is 24.1. The zero-order valence-corrected chi connectivity index (χ0v) is 6.72. The van der Waals surface area contributed by atoms with Gasteiger partial charge in [-0.2, -0.15) is 0 Å². The Morgan fingerprint density at radius 2 is 2.36 bits per heavy atom. The van der Waals surface area contributed by atoms with Crippen LogP contribution in [0.4, 0.5) is 0 Å². The molecule has 1 aliphatic rings. The van der Waals surface area contributed by atoms with Crippen molar-refractivity contribution in [2.75, 3.05) is 7.05 Å². The quantitative estimate of drug-likeness (QED) is 0.556. The van der Waals surface area contributed by atoms with Crippen molar-refractivity contribution in [1.82, 2.24) is 10.4 Å². The number of carboxylic acid groups (broad SMARTS) is 1. The number of carbonyl (C=O) groups is 2. The largest absolute Gasteiger partial charge is 0.480 e. The van der Waals surface area contributed by atoms with Gasteiger partial charge in [0.2, 0.25) is 5.91 Å². The first-order valence-corrected chi connectivity index (χ1v) is 2.86. The van der Waals surface area contributed by atoms with Crippen LogP contribution in [0.5, 0.6) is 0 Å². The van der Waals surface area contributed by atoms with E-state index in [0.29, 0.717) is 0 Å². The van der Waals surface area contributed by atoms with E-state index in [-0.39, 0.29) is 24.7 Å². The van der Waals surface area contributed by atoms with Gasteiger partial charge in [-0.05, 0) is 0 Å². The van der Waals surface area contributed by atoms with Crippen molar-refractivity contribution >= 4 is 24.3 Å². The van der Waals surface area contributed by atoms with Gasteiger partial charge >= 0.3 is 5.97 Å². The fourth-order valence-corrected chi connectivity index (χ4v) is 0.886. The van der Waals surface area contributed by atoms with Gasteiger partial charge in [0.05, 0.1) is 6.42 Å². The van der Waals surface area contributed by atoms with Crippen LogP contribution in [0.1, 0.15) is 6.42 Å². The molecule has 0 aromatic heterocycles. The molecular weight excluding hydrogens is 172 g/mol. The average Bonchev–Trinajstić information content (AvgIpc) is 2.10. The second-order valence-electron chi connectivity index (χ2n) is 2.20. The van der Waals surface area contributed by atoms with E-state index in [9.17, 15) is 9.59 Å². The maximum atomic E-state index is 10.6. The Hall–Kier alpha value is -0.810. The molecular formula is C5H9ClN2O3. The molecule has 0 radical (unpaired) electrons. The molecule has 0 aliphatic carbocycles. The van der Waals surface area contributed by atoms with E-state index in [1.54, 1.807) is 0 Å². The summed E-state index contributed by atoms with van der Waals surface area (Å²) in [5, 5.41) is 9.76. The SMILES string of the molecule is CN1NC(=O)CC1C(=O)O.Cl. The summed E-state index contributed by atoms with van der Waals surface area (Å²) in [6.45, 7) is 0. The predicted octanol–water partition coefficient (Wildman–Crippen LogP) is -0.772. The number of amides is 1. The minimum atomic E-state index is -0.971. The fourth-order valence-electron chi connectivity index (χ4n) is 0.886. The summed E-state index contributed by atoms with van der Waals surface area (Å²) in [7, 11) is 1.53. The molecule has 64 valence electrons. The monoisotopic (exact) mass is 180 g/mol. The first-order chi connectivity index (χ1) is 4.61. The van der Waals surface area contributed by atoms with Crippen LogP contribution in [0, 0.1) is 0 Å². The lowest BCUT2D eigenvalue weighted by Crippen LogP contribution is -2.38. The van der Waals surface area contributed by atoms with Crippen molar-refractivity contribution in [3.8, 4) is 0 Å². The molecule has 1 unspecified atom stereocenters. The highest BCUT2D eigenvalue weighted by molar-refractivity contribution is 5.87. The smallest absolute Gasteiger partial charge is 0.323 e. The number of carbonyl (C=O) groups excluding carboxylic acids is 1. The second-order valence-corrected chi connectivity index (χ2v) is 2.20. The van der Waals surface area contributed by atoms with E-state index in [4.69, 9.17) is 5.11 Å². The number of hydrogen-bond donors (Lipinski definition) is 2. The molecule has 1 rings (SSSR count). The summed E-state index contributed by atoms with van der Waals surface area (Å²) in [6.07, 6.45) is 0.0475. The lowest BCUT2D eigenvalue weighted by molar-refractivity contribution is -0.142. The highest BCUT2D eigenvalue weighted by Crippen LogP contribution is 2.06. The third kappa shape index (κ3) is 2.06. The predicted molar refractivity (Wildman–Crippen MR) is 39.2 cm³/mol. The maximum absolute atomic E-state index is 10.6. The van der Waals surface area contributed by atoms with E-state index >= 15 is 0 Å². The standard InChI is InChI=1S/C5H8N2O3.ClH/c1-7-3(5(9)10)2-4(8)6-7;/h3H,2H2,1H3,(H,6,8)(H,9,10);1H. The van der Waals surface area contributed by atoms with Crippen molar-refractivity contribution in [2.45, 2.75) is 12.5 Å². The minimum Gasteiger partial charge on any atom is -0.480 e. The summed E-state index contributed by atoms with van der Waals surface area (Å²) < 4.78 is 0. The molecule has 1 aliphatic heterocycles. The Bertz CT molecular complexity index is 185. The first-order valence-electron chi connectivity index (χ1n) is 2.86. The number of nitrogens with zero attached hydrogens (tertiary/aromatic N) is 1. The van der Waals surface area contributed by atoms with Gasteiger partial charge < -0.3 is 5.11 Å². The molecule has 1 atom stereocenters. The average molecular weight is 181 g/mol. The number of likely N-dealkylation sites (N-methyl/N-ethyl adjacent to an activating group) is 1. The molecule has 1 saturated heterocycles. The highest BCUT2D eigenvalue weighted by atomic mass is 35.5. The molecule has 0 aromatic rings. The van der Waals surface area contributed by atoms with E-state index in [2.05, 4.69) is 5.43 Å². The molecule has 11 heavy (non-hydrogen) atoms. The van der Waals surface area contributed by atoms with Crippen LogP contribution in [-0.2, 0) is 9.59 Å². The second kappa shape index (κ2) is 3.54. The van der Waals surface area contributed by atoms with Crippen LogP contribution in [0.25, 0.3) is 0 Å². The lowest BCUT2D eigenvalue weighted by Gasteiger charge is -2.12. The Kier molecular flexibility index (Phi) is 3.28. The summed E-state index contributed by atoms with van der Waals surface area (Å²) in [4.78, 5) is 20.9. The molecule has 5 nitrogen and oxygen atoms in total. The van der Waals surface area contributed by atoms with Crippen LogP contribution in [0.3, 0.4) is 0 Å². The summed E-state index contributed by atoms with van der Waals surface area (Å²) >= 11 is 0. The molecule has 1 fully saturated rings. The van der Waals surface area contributed by atoms with Gasteiger partial charge in [0, 0.05) is 7.05 Å². The zero-order valence-electron chi connectivity index (χ0n) is 5.90. The van der Waals surface area contributed by atoms with Crippen LogP contribution < -0.4 is 5.43 Å². The zero-order chi connectivity index (χ0) is 7.72. The Morgan fingerprint density at radius 1 is 1.82 bits per heavy atom. The van der Waals surface area contributed by atoms with Gasteiger partial charge in [0.1, 0.15) is 6.04 Å². The molecule has 1 amide bonds. The summed E-state index contributed by atoms with van der Waals surface area (Å²) in [5.41, 5.74) is 2.36. The van der Waals surface area contributed by atoms with Gasteiger partial charge in [0.25, 0.3) is 0 Å². The maximum Gasteiger partial charge on any atom is 0.323 e. The number of nitrogens with one attached hydrogen (secondary N) is 1. The van der Waals surface area contributed by atoms with Crippen molar-refractivity contribution < 1.29 is 14.7 Å². The van der Waals surface area contributed by atoms with Gasteiger partial charge in [-0.1, -0.05) is 0 Å². The number of aliphatic carboxylic acids is 1. The van der Waals surface area contributed by atoms with Crippen LogP contribution in [0.2, 0.25) is 0 Å². The first kappa shape index (κ1) is 10.2. The van der Waals surface area contributed by atoms with Gasteiger partial charge in [0.15, 0.2) is 0 Å². The Labute approximate surface area is 69.7 Å². The number of hydrazine groups is 1. The van der Waals surface area contributed by atoms with Crippen molar-refractivity contribution in [2.24, 2.45) is 0 Å². The summed E-state index contributed by atoms with van der Waals surface area (Å²) in [6, 6.07) is -0.701. The van der Waals surface area contributed by atoms with Gasteiger partial charge in [-0.15, -0.1) is 12.4 Å². The van der Waals surface area contributed by atoms with Crippen molar-refractivity contribution in [1.29, 1.82) is 0 Å². The topological polar surface area (TPSA) is 69.6 Å². The van der Waals surface area contributed by atoms with E-state index in [0.717, 1.165) is 0 Å². The number of halogens is 1. The number of carboxylic acids is 1. The minimum absolute atomic E-state index is 0. The van der Waals surface area contributed by atoms with Crippen molar-refractivity contribution in [3.63, 3.8) is 0 Å². The molecule has 2 N–H and O–H groups in total. The number of rotatable bonds is 1. The Morgan fingerprint density at radius 3 is 2.55 bits per heavy atom. The van der Waals surface area contributed by atoms with E-state index in [1.807, 2.05) is 0 Å². The van der Waals surface area contributed by atoms with E-state index < -0.39 is 12.0 Å². The lowest BCUT2D eigenvalue weighted by atomic mass is 10.2. The molecule has 0 bridgehead atoms. The van der Waals surface area contributed by atoms with Gasteiger partial charge in [-0.3, -0.25) is 15.0 Å². The van der Waals surface area contributed by atoms with Crippen LogP contribution in [-0.4, -0.2) is 35.1 Å². The Balaban J connectivity index is 0.000001000.